The van der Waals surface area contributed by atoms with E-state index in [1.165, 1.54) is 0 Å². The van der Waals surface area contributed by atoms with E-state index in [9.17, 15) is 63.9 Å². The second-order valence-corrected chi connectivity index (χ2v) is 11.3. The summed E-state index contributed by atoms with van der Waals surface area (Å²) in [6.45, 7) is 0.217. The summed E-state index contributed by atoms with van der Waals surface area (Å²) in [5.41, 5.74) is 0. The first kappa shape index (κ1) is 43.1. The lowest BCUT2D eigenvalue weighted by Crippen LogP contribution is -2.59. The predicted molar refractivity (Wildman–Crippen MR) is 166 cm³/mol. The molecule has 22 heteroatoms. The maximum Gasteiger partial charge on any atom is 0.245 e. The summed E-state index contributed by atoms with van der Waals surface area (Å²) in [5, 5.41) is 53.9. The molecule has 0 aromatic carbocycles. The number of carbonyl (C=O) groups excluding carboxylic acids is 9. The molecule has 9 amide bonds. The lowest BCUT2D eigenvalue weighted by atomic mass is 10.1. The molecule has 1 aliphatic heterocycles. The SMILES string of the molecule is CC(=O)N(O)CCC[C@@H]1NC(=O)CNC(=O)[C@H](CO)NC(=O)CNC(=O)[C@H](CCCN(O)C(C)=O)NC(=O)[C@H](CCCN(O)C(C)=O)NC1=O. The van der Waals surface area contributed by atoms with Gasteiger partial charge in [-0.1, -0.05) is 0 Å². The van der Waals surface area contributed by atoms with Crippen LogP contribution in [0, 0.1) is 0 Å². The Bertz CT molecular complexity index is 1230. The zero-order valence-corrected chi connectivity index (χ0v) is 28.1. The highest BCUT2D eigenvalue weighted by molar-refractivity contribution is 5.96. The first-order valence-corrected chi connectivity index (χ1v) is 15.7. The van der Waals surface area contributed by atoms with Gasteiger partial charge in [0.15, 0.2) is 0 Å². The molecule has 1 fully saturated rings. The third kappa shape index (κ3) is 16.0. The van der Waals surface area contributed by atoms with Crippen LogP contribution >= 0.6 is 0 Å². The van der Waals surface area contributed by atoms with Crippen molar-refractivity contribution < 1.29 is 63.9 Å². The van der Waals surface area contributed by atoms with Gasteiger partial charge in [0.2, 0.25) is 53.2 Å². The zero-order valence-electron chi connectivity index (χ0n) is 28.1. The molecule has 1 aliphatic rings. The van der Waals surface area contributed by atoms with Crippen LogP contribution in [0.5, 0.6) is 0 Å². The third-order valence-electron chi connectivity index (χ3n) is 7.28. The number of amides is 9. The van der Waals surface area contributed by atoms with Crippen LogP contribution in [-0.4, -0.2) is 153 Å². The number of aliphatic hydroxyl groups is 1. The van der Waals surface area contributed by atoms with Crippen LogP contribution < -0.4 is 31.9 Å². The minimum atomic E-state index is -1.54. The fourth-order valence-electron chi connectivity index (χ4n) is 4.42. The van der Waals surface area contributed by atoms with Gasteiger partial charge < -0.3 is 37.0 Å². The summed E-state index contributed by atoms with van der Waals surface area (Å²) < 4.78 is 0. The van der Waals surface area contributed by atoms with E-state index in [1.54, 1.807) is 0 Å². The second kappa shape index (κ2) is 21.9. The number of aliphatic hydroxyl groups excluding tert-OH is 1. The van der Waals surface area contributed by atoms with E-state index in [0.717, 1.165) is 20.8 Å². The molecule has 50 heavy (non-hydrogen) atoms. The highest BCUT2D eigenvalue weighted by Gasteiger charge is 2.31. The molecule has 4 atom stereocenters. The summed E-state index contributed by atoms with van der Waals surface area (Å²) in [6, 6.07) is -5.79. The van der Waals surface area contributed by atoms with E-state index in [4.69, 9.17) is 0 Å². The molecule has 22 nitrogen and oxygen atoms in total. The smallest absolute Gasteiger partial charge is 0.245 e. The summed E-state index contributed by atoms with van der Waals surface area (Å²) in [4.78, 5) is 112. The van der Waals surface area contributed by atoms with Crippen molar-refractivity contribution in [2.75, 3.05) is 39.3 Å². The quantitative estimate of drug-likeness (QED) is 0.0633. The van der Waals surface area contributed by atoms with Crippen molar-refractivity contribution in [3.8, 4) is 0 Å². The van der Waals surface area contributed by atoms with Gasteiger partial charge >= 0.3 is 0 Å². The van der Waals surface area contributed by atoms with Crippen LogP contribution in [0.1, 0.15) is 59.3 Å². The Morgan fingerprint density at radius 2 is 0.840 bits per heavy atom. The first-order valence-electron chi connectivity index (χ1n) is 15.7. The topological polar surface area (TPSA) is 316 Å². The Hall–Kier alpha value is -4.93. The molecule has 1 saturated heterocycles. The van der Waals surface area contributed by atoms with E-state index in [0.29, 0.717) is 15.2 Å². The van der Waals surface area contributed by atoms with E-state index >= 15 is 0 Å². The summed E-state index contributed by atoms with van der Waals surface area (Å²) in [5.74, 6) is -7.64. The van der Waals surface area contributed by atoms with E-state index in [1.807, 2.05) is 0 Å². The van der Waals surface area contributed by atoms with Gasteiger partial charge in [0.05, 0.1) is 19.7 Å². The molecule has 10 N–H and O–H groups in total. The lowest BCUT2D eigenvalue weighted by Gasteiger charge is -2.26. The van der Waals surface area contributed by atoms with Crippen LogP contribution in [0.25, 0.3) is 0 Å². The Morgan fingerprint density at radius 1 is 0.540 bits per heavy atom. The Morgan fingerprint density at radius 3 is 1.18 bits per heavy atom. The average Bonchev–Trinajstić information content (AvgIpc) is 3.05. The molecule has 1 heterocycles. The average molecular weight is 718 g/mol. The van der Waals surface area contributed by atoms with Gasteiger partial charge in [0.1, 0.15) is 24.2 Å². The summed E-state index contributed by atoms with van der Waals surface area (Å²) in [6.07, 6.45) is -0.685. The van der Waals surface area contributed by atoms with Gasteiger partial charge in [-0.2, -0.15) is 0 Å². The predicted octanol–water partition coefficient (Wildman–Crippen LogP) is -4.78. The van der Waals surface area contributed by atoms with E-state index in [2.05, 4.69) is 31.9 Å². The van der Waals surface area contributed by atoms with Crippen LogP contribution in [0.15, 0.2) is 0 Å². The number of nitrogens with one attached hydrogen (secondary N) is 6. The van der Waals surface area contributed by atoms with Gasteiger partial charge in [-0.25, -0.2) is 15.2 Å². The van der Waals surface area contributed by atoms with Crippen molar-refractivity contribution in [3.05, 3.63) is 0 Å². The van der Waals surface area contributed by atoms with E-state index < -0.39 is 97.0 Å². The maximum absolute atomic E-state index is 13.6. The fourth-order valence-corrected chi connectivity index (χ4v) is 4.42. The number of nitrogens with zero attached hydrogens (tertiary/aromatic N) is 3. The standard InChI is InChI=1S/C28H47N9O13/c1-16(39)35(48)10-4-7-19-25(44)29-14-24(43)32-22(15-38)26(45)30-13-23(42)31-20(8-5-11-36(49)17(2)40)27(46)34-21(28(47)33-19)9-6-12-37(50)18(3)41/h19-22,38,48-50H,4-15H2,1-3H3,(H,29,44)(H,30,45)(H,31,42)(H,32,43)(H,33,47)(H,34,46)/t19-,20-,21-,22-/m0/s1. The number of hydrogen-bond donors (Lipinski definition) is 10. The molecule has 0 aromatic heterocycles. The van der Waals surface area contributed by atoms with Gasteiger partial charge in [-0.3, -0.25) is 58.8 Å². The van der Waals surface area contributed by atoms with Crippen molar-refractivity contribution in [1.82, 2.24) is 47.1 Å². The first-order chi connectivity index (χ1) is 23.5. The molecule has 0 aliphatic carbocycles. The van der Waals surface area contributed by atoms with Crippen LogP contribution in [0.3, 0.4) is 0 Å². The monoisotopic (exact) mass is 717 g/mol. The minimum absolute atomic E-state index is 0.0290. The van der Waals surface area contributed by atoms with E-state index in [-0.39, 0.29) is 58.2 Å². The van der Waals surface area contributed by atoms with Crippen molar-refractivity contribution >= 4 is 53.2 Å². The molecule has 0 aromatic rings. The molecular formula is C28H47N9O13. The fraction of sp³-hybridized carbons (Fsp3) is 0.679. The van der Waals surface area contributed by atoms with Crippen molar-refractivity contribution in [1.29, 1.82) is 0 Å². The second-order valence-electron chi connectivity index (χ2n) is 11.3. The zero-order chi connectivity index (χ0) is 38.0. The molecular weight excluding hydrogens is 670 g/mol. The number of hydroxylamine groups is 6. The van der Waals surface area contributed by atoms with Crippen molar-refractivity contribution in [3.63, 3.8) is 0 Å². The van der Waals surface area contributed by atoms with Gasteiger partial charge in [-0.05, 0) is 38.5 Å². The molecule has 0 unspecified atom stereocenters. The number of carbonyl (C=O) groups is 9. The molecule has 0 spiro atoms. The Labute approximate surface area is 287 Å². The maximum atomic E-state index is 13.6. The highest BCUT2D eigenvalue weighted by Crippen LogP contribution is 2.07. The van der Waals surface area contributed by atoms with Gasteiger partial charge in [0, 0.05) is 40.4 Å². The number of hydrogen-bond acceptors (Lipinski definition) is 13. The Balaban J connectivity index is 3.45. The van der Waals surface area contributed by atoms with Gasteiger partial charge in [-0.15, -0.1) is 0 Å². The van der Waals surface area contributed by atoms with Crippen LogP contribution in [0.2, 0.25) is 0 Å². The molecule has 282 valence electrons. The minimum Gasteiger partial charge on any atom is -0.394 e. The molecule has 0 radical (unpaired) electrons. The van der Waals surface area contributed by atoms with Crippen LogP contribution in [-0.2, 0) is 43.2 Å². The number of rotatable bonds is 13. The molecule has 0 bridgehead atoms. The lowest BCUT2D eigenvalue weighted by molar-refractivity contribution is -0.163. The normalized spacial score (nSPS) is 21.2. The summed E-state index contributed by atoms with van der Waals surface area (Å²) >= 11 is 0. The van der Waals surface area contributed by atoms with Crippen molar-refractivity contribution in [2.24, 2.45) is 0 Å². The largest absolute Gasteiger partial charge is 0.394 e. The molecule has 0 saturated carbocycles. The summed E-state index contributed by atoms with van der Waals surface area (Å²) in [7, 11) is 0. The van der Waals surface area contributed by atoms with Crippen molar-refractivity contribution in [2.45, 2.75) is 83.5 Å². The highest BCUT2D eigenvalue weighted by atomic mass is 16.5. The van der Waals surface area contributed by atoms with Gasteiger partial charge in [0.25, 0.3) is 0 Å². The third-order valence-corrected chi connectivity index (χ3v) is 7.28. The Kier molecular flexibility index (Phi) is 18.9. The molecule has 1 rings (SSSR count). The van der Waals surface area contributed by atoms with Crippen LogP contribution in [0.4, 0.5) is 0 Å².